The predicted octanol–water partition coefficient (Wildman–Crippen LogP) is 14.2. The van der Waals surface area contributed by atoms with E-state index in [1.807, 2.05) is 121 Å². The van der Waals surface area contributed by atoms with E-state index in [2.05, 4.69) is 0 Å². The molecule has 0 aliphatic rings. The van der Waals surface area contributed by atoms with Crippen molar-refractivity contribution in [1.82, 2.24) is 9.13 Å². The van der Waals surface area contributed by atoms with Crippen LogP contribution in [0, 0.1) is 11.6 Å². The van der Waals surface area contributed by atoms with E-state index >= 15 is 17.6 Å². The lowest BCUT2D eigenvalue weighted by atomic mass is 9.98. The smallest absolute Gasteiger partial charge is 0.309 e. The average Bonchev–Trinajstić information content (AvgIpc) is 3.73. The van der Waals surface area contributed by atoms with Gasteiger partial charge in [-0.25, -0.2) is 8.78 Å². The van der Waals surface area contributed by atoms with Crippen molar-refractivity contribution >= 4 is 43.6 Å². The molecule has 2 heterocycles. The van der Waals surface area contributed by atoms with Crippen molar-refractivity contribution in [2.24, 2.45) is 0 Å². The van der Waals surface area contributed by atoms with Gasteiger partial charge >= 0.3 is 6.18 Å². The fourth-order valence-corrected chi connectivity index (χ4v) is 8.21. The summed E-state index contributed by atoms with van der Waals surface area (Å²) in [5.74, 6) is -1.47. The largest absolute Gasteiger partial charge is 0.420 e. The zero-order valence-corrected chi connectivity index (χ0v) is 29.5. The minimum absolute atomic E-state index is 0.0929. The Labute approximate surface area is 317 Å². The Balaban J connectivity index is 1.39. The summed E-state index contributed by atoms with van der Waals surface area (Å²) in [6.07, 6.45) is -4.91. The molecule has 0 aliphatic heterocycles. The lowest BCUT2D eigenvalue weighted by molar-refractivity contribution is -0.137. The Kier molecular flexibility index (Phi) is 7.68. The van der Waals surface area contributed by atoms with Gasteiger partial charge in [0, 0.05) is 27.1 Å². The van der Waals surface area contributed by atoms with Crippen LogP contribution in [0.1, 0.15) is 5.56 Å². The molecule has 270 valence electrons. The zero-order valence-electron chi connectivity index (χ0n) is 29.5. The Bertz CT molecular complexity index is 2960. The molecule has 0 atom stereocenters. The van der Waals surface area contributed by atoms with E-state index in [1.165, 1.54) is 12.1 Å². The number of rotatable bonds is 5. The lowest BCUT2D eigenvalue weighted by Crippen LogP contribution is -2.16. The van der Waals surface area contributed by atoms with Gasteiger partial charge in [-0.3, -0.25) is 0 Å². The number of benzene rings is 8. The zero-order chi connectivity index (χ0) is 38.1. The fraction of sp³-hybridized carbons (Fsp3) is 0.0204. The van der Waals surface area contributed by atoms with E-state index in [9.17, 15) is 4.39 Å². The molecule has 0 fully saturated rings. The summed E-state index contributed by atoms with van der Waals surface area (Å²) in [6.45, 7) is 0. The first-order chi connectivity index (χ1) is 27.2. The van der Waals surface area contributed by atoms with E-state index in [0.717, 1.165) is 62.0 Å². The monoisotopic (exact) mass is 740 g/mol. The Morgan fingerprint density at radius 1 is 0.357 bits per heavy atom. The van der Waals surface area contributed by atoms with Gasteiger partial charge in [-0.2, -0.15) is 13.2 Å². The van der Waals surface area contributed by atoms with Gasteiger partial charge in [0.2, 0.25) is 0 Å². The van der Waals surface area contributed by atoms with Gasteiger partial charge in [-0.15, -0.1) is 0 Å². The molecule has 0 N–H and O–H groups in total. The van der Waals surface area contributed by atoms with Crippen LogP contribution in [0.2, 0.25) is 0 Å². The number of para-hydroxylation sites is 2. The van der Waals surface area contributed by atoms with Gasteiger partial charge < -0.3 is 9.13 Å². The van der Waals surface area contributed by atoms with Crippen LogP contribution in [0.5, 0.6) is 0 Å². The first-order valence-electron chi connectivity index (χ1n) is 18.1. The lowest BCUT2D eigenvalue weighted by Gasteiger charge is -2.23. The number of aromatic nitrogens is 2. The Morgan fingerprint density at radius 2 is 0.804 bits per heavy atom. The van der Waals surface area contributed by atoms with Crippen molar-refractivity contribution in [2.75, 3.05) is 0 Å². The molecular formula is C49H29F5N2. The van der Waals surface area contributed by atoms with Crippen LogP contribution in [-0.2, 0) is 6.18 Å². The van der Waals surface area contributed by atoms with E-state index in [-0.39, 0.29) is 22.5 Å². The second-order valence-corrected chi connectivity index (χ2v) is 13.9. The van der Waals surface area contributed by atoms with Crippen LogP contribution in [0.25, 0.3) is 88.4 Å². The molecule has 56 heavy (non-hydrogen) atoms. The van der Waals surface area contributed by atoms with Crippen LogP contribution in [0.3, 0.4) is 0 Å². The summed E-state index contributed by atoms with van der Waals surface area (Å²) in [5.41, 5.74) is 4.18. The van der Waals surface area contributed by atoms with Crippen molar-refractivity contribution in [1.29, 1.82) is 0 Å². The fourth-order valence-electron chi connectivity index (χ4n) is 8.21. The predicted molar refractivity (Wildman–Crippen MR) is 216 cm³/mol. The van der Waals surface area contributed by atoms with Crippen LogP contribution >= 0.6 is 0 Å². The van der Waals surface area contributed by atoms with Crippen molar-refractivity contribution in [3.05, 3.63) is 193 Å². The van der Waals surface area contributed by atoms with Gasteiger partial charge in [-0.05, 0) is 82.4 Å². The minimum Gasteiger partial charge on any atom is -0.309 e. The summed E-state index contributed by atoms with van der Waals surface area (Å²) in [7, 11) is 0. The summed E-state index contributed by atoms with van der Waals surface area (Å²) < 4.78 is 82.9. The van der Waals surface area contributed by atoms with Gasteiger partial charge in [0.25, 0.3) is 0 Å². The highest BCUT2D eigenvalue weighted by molar-refractivity contribution is 6.12. The second kappa shape index (κ2) is 12.8. The third-order valence-corrected chi connectivity index (χ3v) is 10.7. The van der Waals surface area contributed by atoms with E-state index in [0.29, 0.717) is 22.1 Å². The number of nitrogens with zero attached hydrogens (tertiary/aromatic N) is 2. The average molecular weight is 741 g/mol. The number of alkyl halides is 3. The molecule has 0 radical (unpaired) electrons. The minimum atomic E-state index is -4.91. The van der Waals surface area contributed by atoms with Gasteiger partial charge in [0.05, 0.1) is 33.4 Å². The molecule has 2 aromatic heterocycles. The van der Waals surface area contributed by atoms with E-state index in [1.54, 1.807) is 33.4 Å². The maximum absolute atomic E-state index is 16.3. The summed E-state index contributed by atoms with van der Waals surface area (Å²) in [5, 5.41) is 3.01. The van der Waals surface area contributed by atoms with Crippen LogP contribution in [0.4, 0.5) is 22.0 Å². The molecule has 0 unspecified atom stereocenters. The second-order valence-electron chi connectivity index (χ2n) is 13.9. The molecule has 7 heteroatoms. The van der Waals surface area contributed by atoms with Crippen molar-refractivity contribution in [2.45, 2.75) is 6.18 Å². The third kappa shape index (κ3) is 5.38. The molecule has 2 nitrogen and oxygen atoms in total. The number of hydrogen-bond acceptors (Lipinski definition) is 0. The standard InChI is InChI=1S/C49H29F5N2/c50-35-21-24-41(51)40(29-35)34-27-46(55-42-17-9-7-15-36(42)38-22-19-32(25-44(38)55)30-11-3-1-4-12-30)48(49(52,53)54)47(28-34)56-43-18-10-8-16-37(43)39-23-20-33(26-45(39)56)31-13-5-2-6-14-31/h1-29H. The number of hydrogen-bond donors (Lipinski definition) is 0. The van der Waals surface area contributed by atoms with Gasteiger partial charge in [-0.1, -0.05) is 121 Å². The first kappa shape index (κ1) is 33.6. The van der Waals surface area contributed by atoms with E-state index in [4.69, 9.17) is 0 Å². The quantitative estimate of drug-likeness (QED) is 0.156. The first-order valence-corrected chi connectivity index (χ1v) is 18.1. The summed E-state index contributed by atoms with van der Waals surface area (Å²) in [6, 6.07) is 51.2. The third-order valence-electron chi connectivity index (χ3n) is 10.7. The van der Waals surface area contributed by atoms with Crippen LogP contribution < -0.4 is 0 Å². The number of fused-ring (bicyclic) bond motifs is 6. The Hall–Kier alpha value is -6.99. The highest BCUT2D eigenvalue weighted by atomic mass is 19.4. The van der Waals surface area contributed by atoms with Crippen molar-refractivity contribution in [3.63, 3.8) is 0 Å². The maximum Gasteiger partial charge on any atom is 0.420 e. The van der Waals surface area contributed by atoms with Gasteiger partial charge in [0.1, 0.15) is 17.2 Å². The summed E-state index contributed by atoms with van der Waals surface area (Å²) >= 11 is 0. The SMILES string of the molecule is Fc1ccc(F)c(-c2cc(-n3c4ccccc4c4ccc(-c5ccccc5)cc43)c(C(F)(F)F)c(-n3c4ccccc4c4ccc(-c5ccccc5)cc43)c2)c1. The molecular weight excluding hydrogens is 712 g/mol. The molecule has 0 aliphatic carbocycles. The van der Waals surface area contributed by atoms with Crippen molar-refractivity contribution < 1.29 is 22.0 Å². The molecule has 10 rings (SSSR count). The number of halogens is 5. The van der Waals surface area contributed by atoms with Crippen LogP contribution in [-0.4, -0.2) is 9.13 Å². The molecule has 10 aromatic rings. The highest BCUT2D eigenvalue weighted by Crippen LogP contribution is 2.47. The molecule has 0 saturated heterocycles. The van der Waals surface area contributed by atoms with Crippen molar-refractivity contribution in [3.8, 4) is 44.8 Å². The highest BCUT2D eigenvalue weighted by Gasteiger charge is 2.39. The van der Waals surface area contributed by atoms with Crippen LogP contribution in [0.15, 0.2) is 176 Å². The summed E-state index contributed by atoms with van der Waals surface area (Å²) in [4.78, 5) is 0. The molecule has 0 spiro atoms. The normalized spacial score (nSPS) is 12.0. The van der Waals surface area contributed by atoms with Gasteiger partial charge in [0.15, 0.2) is 0 Å². The molecule has 0 bridgehead atoms. The maximum atomic E-state index is 16.3. The molecule has 0 saturated carbocycles. The Morgan fingerprint density at radius 3 is 1.29 bits per heavy atom. The molecule has 8 aromatic carbocycles. The molecule has 0 amide bonds. The van der Waals surface area contributed by atoms with E-state index < -0.39 is 23.4 Å². The topological polar surface area (TPSA) is 9.86 Å².